The number of carbonyl (C=O) groups excluding carboxylic acids is 5. The summed E-state index contributed by atoms with van der Waals surface area (Å²) >= 11 is 0. The molecule has 208 valence electrons. The van der Waals surface area contributed by atoms with E-state index in [0.29, 0.717) is 11.6 Å². The van der Waals surface area contributed by atoms with E-state index in [1.807, 2.05) is 0 Å². The van der Waals surface area contributed by atoms with E-state index in [-0.39, 0.29) is 39.9 Å². The molecule has 11 nitrogen and oxygen atoms in total. The fraction of sp³-hybridized carbons (Fsp3) is 0.0667. The number of aliphatic carboxylic acids is 1. The van der Waals surface area contributed by atoms with Gasteiger partial charge in [0.05, 0.1) is 11.1 Å². The van der Waals surface area contributed by atoms with E-state index in [2.05, 4.69) is 0 Å². The number of carbonyl (C=O) groups is 6. The van der Waals surface area contributed by atoms with Crippen molar-refractivity contribution in [3.05, 3.63) is 108 Å². The zero-order valence-corrected chi connectivity index (χ0v) is 21.7. The summed E-state index contributed by atoms with van der Waals surface area (Å²) in [5, 5.41) is 8.53. The van der Waals surface area contributed by atoms with Gasteiger partial charge in [-0.1, -0.05) is 0 Å². The van der Waals surface area contributed by atoms with Crippen LogP contribution in [-0.2, 0) is 19.2 Å². The van der Waals surface area contributed by atoms with E-state index in [9.17, 15) is 28.8 Å². The maximum absolute atomic E-state index is 12.5. The van der Waals surface area contributed by atoms with E-state index >= 15 is 0 Å². The monoisotopic (exact) mass is 558 g/mol. The lowest BCUT2D eigenvalue weighted by atomic mass is 10.2. The van der Waals surface area contributed by atoms with Crippen molar-refractivity contribution < 1.29 is 52.8 Å². The molecule has 0 amide bonds. The minimum Gasteiger partial charge on any atom is -0.478 e. The molecule has 41 heavy (non-hydrogen) atoms. The first-order valence-electron chi connectivity index (χ1n) is 11.8. The highest BCUT2D eigenvalue weighted by Crippen LogP contribution is 2.26. The number of rotatable bonds is 10. The predicted octanol–water partition coefficient (Wildman–Crippen LogP) is 4.03. The normalized spacial score (nSPS) is 10.7. The van der Waals surface area contributed by atoms with Gasteiger partial charge in [0, 0.05) is 18.2 Å². The first-order valence-corrected chi connectivity index (χ1v) is 11.8. The number of esters is 4. The van der Waals surface area contributed by atoms with Crippen LogP contribution < -0.4 is 18.9 Å². The molecular formula is C30H22O11. The SMILES string of the molecule is CC(=O)/C=C/C(=O)Oc1ccc(C(=O)Oc2ccc(OC(=O)c3ccc(OC(=O)/C=C/C(=O)O)cc3)c(C)c2)cc1. The number of ketones is 1. The fourth-order valence-corrected chi connectivity index (χ4v) is 3.07. The molecule has 0 atom stereocenters. The Hall–Kier alpha value is -5.84. The lowest BCUT2D eigenvalue weighted by Crippen LogP contribution is -2.11. The Labute approximate surface area is 233 Å². The van der Waals surface area contributed by atoms with E-state index in [0.717, 1.165) is 18.2 Å². The van der Waals surface area contributed by atoms with Crippen LogP contribution >= 0.6 is 0 Å². The summed E-state index contributed by atoms with van der Waals surface area (Å²) in [6, 6.07) is 15.4. The van der Waals surface area contributed by atoms with Gasteiger partial charge in [-0.3, -0.25) is 4.79 Å². The molecule has 0 saturated heterocycles. The number of hydrogen-bond acceptors (Lipinski definition) is 10. The summed E-state index contributed by atoms with van der Waals surface area (Å²) in [6.45, 7) is 2.95. The maximum Gasteiger partial charge on any atom is 0.343 e. The molecule has 3 aromatic rings. The molecule has 3 aromatic carbocycles. The first kappa shape index (κ1) is 29.7. The molecule has 0 saturated carbocycles. The minimum absolute atomic E-state index is 0.0985. The van der Waals surface area contributed by atoms with Gasteiger partial charge < -0.3 is 24.1 Å². The topological polar surface area (TPSA) is 160 Å². The van der Waals surface area contributed by atoms with Crippen LogP contribution in [0.1, 0.15) is 33.2 Å². The van der Waals surface area contributed by atoms with Crippen molar-refractivity contribution in [2.75, 3.05) is 0 Å². The highest BCUT2D eigenvalue weighted by molar-refractivity contribution is 5.95. The molecule has 0 aliphatic heterocycles. The van der Waals surface area contributed by atoms with Crippen LogP contribution in [0.4, 0.5) is 0 Å². The van der Waals surface area contributed by atoms with E-state index in [1.54, 1.807) is 6.92 Å². The number of carboxylic acid groups (broad SMARTS) is 1. The third-order valence-electron chi connectivity index (χ3n) is 4.99. The van der Waals surface area contributed by atoms with Crippen molar-refractivity contribution in [3.8, 4) is 23.0 Å². The lowest BCUT2D eigenvalue weighted by Gasteiger charge is -2.10. The Morgan fingerprint density at radius 2 is 1.05 bits per heavy atom. The molecule has 3 rings (SSSR count). The molecule has 0 radical (unpaired) electrons. The van der Waals surface area contributed by atoms with Crippen molar-refractivity contribution in [1.29, 1.82) is 0 Å². The van der Waals surface area contributed by atoms with E-state index in [4.69, 9.17) is 24.1 Å². The Bertz CT molecular complexity index is 1550. The van der Waals surface area contributed by atoms with E-state index in [1.165, 1.54) is 73.7 Å². The van der Waals surface area contributed by atoms with Crippen molar-refractivity contribution in [3.63, 3.8) is 0 Å². The van der Waals surface area contributed by atoms with Gasteiger partial charge in [0.1, 0.15) is 23.0 Å². The fourth-order valence-electron chi connectivity index (χ4n) is 3.07. The van der Waals surface area contributed by atoms with Gasteiger partial charge >= 0.3 is 29.8 Å². The van der Waals surface area contributed by atoms with Crippen LogP contribution in [0.5, 0.6) is 23.0 Å². The van der Waals surface area contributed by atoms with Crippen molar-refractivity contribution >= 4 is 35.6 Å². The van der Waals surface area contributed by atoms with Gasteiger partial charge in [0.2, 0.25) is 0 Å². The van der Waals surface area contributed by atoms with Gasteiger partial charge in [0.15, 0.2) is 5.78 Å². The Morgan fingerprint density at radius 3 is 1.51 bits per heavy atom. The highest BCUT2D eigenvalue weighted by Gasteiger charge is 2.14. The van der Waals surface area contributed by atoms with Gasteiger partial charge in [0.25, 0.3) is 0 Å². The summed E-state index contributed by atoms with van der Waals surface area (Å²) in [5.41, 5.74) is 0.842. The summed E-state index contributed by atoms with van der Waals surface area (Å²) in [4.78, 5) is 69.6. The van der Waals surface area contributed by atoms with Gasteiger partial charge in [-0.25, -0.2) is 24.0 Å². The van der Waals surface area contributed by atoms with E-state index < -0.39 is 29.8 Å². The first-order chi connectivity index (χ1) is 19.5. The summed E-state index contributed by atoms with van der Waals surface area (Å²) in [6.07, 6.45) is 3.46. The summed E-state index contributed by atoms with van der Waals surface area (Å²) in [5.74, 6) is -3.92. The molecule has 0 unspecified atom stereocenters. The van der Waals surface area contributed by atoms with Gasteiger partial charge in [-0.05, 0) is 92.2 Å². The maximum atomic E-state index is 12.5. The third kappa shape index (κ3) is 9.45. The number of allylic oxidation sites excluding steroid dienone is 1. The van der Waals surface area contributed by atoms with Crippen LogP contribution in [0.2, 0.25) is 0 Å². The average molecular weight is 558 g/mol. The standard InChI is InChI=1S/C30H22O11/c1-18-17-24(40-29(36)20-4-8-22(9-5-20)38-27(34)15-3-19(2)31)12-13-25(18)41-30(37)21-6-10-23(11-7-21)39-28(35)16-14-26(32)33/h3-17H,1-2H3,(H,32,33)/b15-3+,16-14+. The average Bonchev–Trinajstić information content (AvgIpc) is 2.93. The molecular weight excluding hydrogens is 536 g/mol. The second-order valence-electron chi connectivity index (χ2n) is 8.21. The van der Waals surface area contributed by atoms with Crippen LogP contribution in [0.15, 0.2) is 91.0 Å². The number of hydrogen-bond donors (Lipinski definition) is 1. The molecule has 0 aliphatic rings. The van der Waals surface area contributed by atoms with Crippen LogP contribution in [0.3, 0.4) is 0 Å². The summed E-state index contributed by atoms with van der Waals surface area (Å²) in [7, 11) is 0. The predicted molar refractivity (Wildman–Crippen MR) is 142 cm³/mol. The molecule has 0 fully saturated rings. The van der Waals surface area contributed by atoms with Crippen molar-refractivity contribution in [1.82, 2.24) is 0 Å². The Morgan fingerprint density at radius 1 is 0.585 bits per heavy atom. The lowest BCUT2D eigenvalue weighted by molar-refractivity contribution is -0.133. The minimum atomic E-state index is -1.30. The second kappa shape index (κ2) is 13.8. The van der Waals surface area contributed by atoms with Crippen LogP contribution in [0, 0.1) is 6.92 Å². The molecule has 0 bridgehead atoms. The number of ether oxygens (including phenoxy) is 4. The molecule has 0 aliphatic carbocycles. The number of benzene rings is 3. The number of aryl methyl sites for hydroxylation is 1. The number of carboxylic acids is 1. The van der Waals surface area contributed by atoms with Crippen molar-refractivity contribution in [2.24, 2.45) is 0 Å². The molecule has 0 spiro atoms. The van der Waals surface area contributed by atoms with Crippen molar-refractivity contribution in [2.45, 2.75) is 13.8 Å². The smallest absolute Gasteiger partial charge is 0.343 e. The Balaban J connectivity index is 1.57. The van der Waals surface area contributed by atoms with Crippen LogP contribution in [0.25, 0.3) is 0 Å². The molecule has 0 aromatic heterocycles. The quantitative estimate of drug-likeness (QED) is 0.217. The molecule has 0 heterocycles. The second-order valence-corrected chi connectivity index (χ2v) is 8.21. The largest absolute Gasteiger partial charge is 0.478 e. The molecule has 11 heteroatoms. The highest BCUT2D eigenvalue weighted by atomic mass is 16.5. The van der Waals surface area contributed by atoms with Gasteiger partial charge in [-0.2, -0.15) is 0 Å². The zero-order valence-electron chi connectivity index (χ0n) is 21.7. The van der Waals surface area contributed by atoms with Gasteiger partial charge in [-0.15, -0.1) is 0 Å². The summed E-state index contributed by atoms with van der Waals surface area (Å²) < 4.78 is 20.8. The van der Waals surface area contributed by atoms with Crippen LogP contribution in [-0.4, -0.2) is 40.7 Å². The molecule has 1 N–H and O–H groups in total. The zero-order chi connectivity index (χ0) is 29.9. The third-order valence-corrected chi connectivity index (χ3v) is 4.99. The Kier molecular flexibility index (Phi) is 10.0.